The minimum Gasteiger partial charge on any atom is -0.324 e. The van der Waals surface area contributed by atoms with Crippen molar-refractivity contribution in [1.82, 2.24) is 14.8 Å². The molecule has 0 saturated heterocycles. The number of benzene rings is 2. The first-order valence-corrected chi connectivity index (χ1v) is 11.0. The van der Waals surface area contributed by atoms with Crippen LogP contribution in [0.5, 0.6) is 0 Å². The zero-order valence-electron chi connectivity index (χ0n) is 14.9. The van der Waals surface area contributed by atoms with Gasteiger partial charge in [-0.25, -0.2) is 17.5 Å². The summed E-state index contributed by atoms with van der Waals surface area (Å²) in [5.41, 5.74) is 1.59. The molecule has 2 heterocycles. The van der Waals surface area contributed by atoms with E-state index < -0.39 is 21.9 Å². The van der Waals surface area contributed by atoms with Gasteiger partial charge in [-0.3, -0.25) is 4.72 Å². The Balaban J connectivity index is 1.87. The molecule has 1 atom stereocenters. The zero-order valence-corrected chi connectivity index (χ0v) is 17.2. The molecule has 2 N–H and O–H groups in total. The predicted molar refractivity (Wildman–Crippen MR) is 111 cm³/mol. The Morgan fingerprint density at radius 2 is 1.90 bits per heavy atom. The first-order chi connectivity index (χ1) is 13.7. The SMILES string of the molecule is CS(=O)(=O)Nc1nc2n(n1)[C@@H](c1c(F)cccc1Cl)C=C(c1ccc(Cl)cc1)N2. The normalized spacial score (nSPS) is 16.0. The van der Waals surface area contributed by atoms with Gasteiger partial charge in [0.15, 0.2) is 0 Å². The monoisotopic (exact) mass is 453 g/mol. The standard InChI is InChI=1S/C18H14Cl2FN5O2S/c1-29(27,28)25-17-23-18-22-14(10-5-7-11(19)8-6-10)9-15(26(18)24-17)16-12(20)3-2-4-13(16)21/h2-9,15H,1H3,(H2,22,23,24,25)/t15-/m1/s1. The molecule has 0 aliphatic carbocycles. The molecule has 1 aliphatic heterocycles. The number of hydrogen-bond acceptors (Lipinski definition) is 5. The molecular formula is C18H14Cl2FN5O2S. The predicted octanol–water partition coefficient (Wildman–Crippen LogP) is 4.15. The molecule has 0 spiro atoms. The van der Waals surface area contributed by atoms with Gasteiger partial charge in [0.2, 0.25) is 16.0 Å². The van der Waals surface area contributed by atoms with Crippen LogP contribution < -0.4 is 10.0 Å². The van der Waals surface area contributed by atoms with Crippen LogP contribution >= 0.6 is 23.2 Å². The fraction of sp³-hybridized carbons (Fsp3) is 0.111. The van der Waals surface area contributed by atoms with E-state index in [1.54, 1.807) is 36.4 Å². The number of allylic oxidation sites excluding steroid dienone is 1. The van der Waals surface area contributed by atoms with Gasteiger partial charge in [-0.2, -0.15) is 4.98 Å². The molecule has 0 radical (unpaired) electrons. The van der Waals surface area contributed by atoms with E-state index in [9.17, 15) is 12.8 Å². The van der Waals surface area contributed by atoms with Crippen LogP contribution in [-0.4, -0.2) is 29.4 Å². The fourth-order valence-electron chi connectivity index (χ4n) is 3.00. The number of anilines is 2. The lowest BCUT2D eigenvalue weighted by Gasteiger charge is -2.25. The summed E-state index contributed by atoms with van der Waals surface area (Å²) < 4.78 is 41.4. The average molecular weight is 454 g/mol. The van der Waals surface area contributed by atoms with Crippen LogP contribution in [0.25, 0.3) is 5.70 Å². The number of aromatic nitrogens is 3. The number of fused-ring (bicyclic) bond motifs is 1. The smallest absolute Gasteiger partial charge is 0.257 e. The molecule has 150 valence electrons. The van der Waals surface area contributed by atoms with Gasteiger partial charge in [0.05, 0.1) is 6.26 Å². The Hall–Kier alpha value is -2.62. The molecule has 11 heteroatoms. The summed E-state index contributed by atoms with van der Waals surface area (Å²) in [5.74, 6) is -0.429. The maximum Gasteiger partial charge on any atom is 0.257 e. The molecule has 2 aromatic carbocycles. The van der Waals surface area contributed by atoms with Crippen molar-refractivity contribution in [2.45, 2.75) is 6.04 Å². The zero-order chi connectivity index (χ0) is 20.8. The fourth-order valence-corrected chi connectivity index (χ4v) is 3.82. The van der Waals surface area contributed by atoms with Crippen LogP contribution in [0.4, 0.5) is 16.3 Å². The summed E-state index contributed by atoms with van der Waals surface area (Å²) in [7, 11) is -3.59. The number of halogens is 3. The molecule has 3 aromatic rings. The number of sulfonamides is 1. The summed E-state index contributed by atoms with van der Waals surface area (Å²) >= 11 is 12.2. The lowest BCUT2D eigenvalue weighted by Crippen LogP contribution is -2.21. The quantitative estimate of drug-likeness (QED) is 0.619. The number of nitrogens with zero attached hydrogens (tertiary/aromatic N) is 3. The van der Waals surface area contributed by atoms with E-state index in [2.05, 4.69) is 20.1 Å². The van der Waals surface area contributed by atoms with Crippen molar-refractivity contribution in [3.05, 3.63) is 75.5 Å². The highest BCUT2D eigenvalue weighted by Crippen LogP contribution is 2.37. The van der Waals surface area contributed by atoms with Crippen molar-refractivity contribution in [3.8, 4) is 0 Å². The molecule has 0 saturated carbocycles. The molecule has 1 aromatic heterocycles. The van der Waals surface area contributed by atoms with Crippen LogP contribution in [0.1, 0.15) is 17.2 Å². The van der Waals surface area contributed by atoms with E-state index >= 15 is 0 Å². The molecule has 4 rings (SSSR count). The van der Waals surface area contributed by atoms with Crippen LogP contribution in [-0.2, 0) is 10.0 Å². The number of nitrogens with one attached hydrogen (secondary N) is 2. The molecule has 1 aliphatic rings. The Morgan fingerprint density at radius 1 is 1.17 bits per heavy atom. The van der Waals surface area contributed by atoms with Gasteiger partial charge in [0.1, 0.15) is 11.9 Å². The first kappa shape index (κ1) is 19.7. The van der Waals surface area contributed by atoms with E-state index in [-0.39, 0.29) is 22.5 Å². The molecular weight excluding hydrogens is 440 g/mol. The molecule has 0 unspecified atom stereocenters. The summed E-state index contributed by atoms with van der Waals surface area (Å²) in [6, 6.07) is 10.7. The van der Waals surface area contributed by atoms with Crippen LogP contribution in [0.3, 0.4) is 0 Å². The second kappa shape index (κ2) is 7.33. The van der Waals surface area contributed by atoms with E-state index in [0.717, 1.165) is 11.8 Å². The van der Waals surface area contributed by atoms with Crippen molar-refractivity contribution in [1.29, 1.82) is 0 Å². The minimum absolute atomic E-state index is 0.141. The molecule has 0 amide bonds. The third-order valence-corrected chi connectivity index (χ3v) is 5.33. The lowest BCUT2D eigenvalue weighted by molar-refractivity contribution is 0.552. The van der Waals surface area contributed by atoms with Gasteiger partial charge in [-0.1, -0.05) is 41.4 Å². The van der Waals surface area contributed by atoms with Crippen LogP contribution in [0.2, 0.25) is 10.0 Å². The second-order valence-electron chi connectivity index (χ2n) is 6.37. The van der Waals surface area contributed by atoms with Gasteiger partial charge in [0.25, 0.3) is 5.95 Å². The Morgan fingerprint density at radius 3 is 2.55 bits per heavy atom. The van der Waals surface area contributed by atoms with Crippen molar-refractivity contribution < 1.29 is 12.8 Å². The molecule has 0 bridgehead atoms. The van der Waals surface area contributed by atoms with E-state index in [0.29, 0.717) is 10.7 Å². The number of hydrogen-bond donors (Lipinski definition) is 2. The van der Waals surface area contributed by atoms with Crippen LogP contribution in [0.15, 0.2) is 48.5 Å². The van der Waals surface area contributed by atoms with E-state index in [4.69, 9.17) is 23.2 Å². The lowest BCUT2D eigenvalue weighted by atomic mass is 10.0. The topological polar surface area (TPSA) is 88.9 Å². The largest absolute Gasteiger partial charge is 0.324 e. The third-order valence-electron chi connectivity index (χ3n) is 4.19. The number of rotatable bonds is 4. The molecule has 7 nitrogen and oxygen atoms in total. The van der Waals surface area contributed by atoms with Crippen molar-refractivity contribution >= 4 is 50.8 Å². The van der Waals surface area contributed by atoms with Gasteiger partial charge < -0.3 is 5.32 Å². The minimum atomic E-state index is -3.59. The van der Waals surface area contributed by atoms with Crippen molar-refractivity contribution in [3.63, 3.8) is 0 Å². The highest BCUT2D eigenvalue weighted by atomic mass is 35.5. The van der Waals surface area contributed by atoms with E-state index in [1.807, 2.05) is 0 Å². The first-order valence-electron chi connectivity index (χ1n) is 8.34. The Kier molecular flexibility index (Phi) is 4.97. The molecule has 0 fully saturated rings. The van der Waals surface area contributed by atoms with Gasteiger partial charge in [0, 0.05) is 21.3 Å². The summed E-state index contributed by atoms with van der Waals surface area (Å²) in [6.07, 6.45) is 2.72. The van der Waals surface area contributed by atoms with Crippen molar-refractivity contribution in [2.75, 3.05) is 16.3 Å². The summed E-state index contributed by atoms with van der Waals surface area (Å²) in [5, 5.41) is 8.05. The van der Waals surface area contributed by atoms with Gasteiger partial charge in [-0.15, -0.1) is 5.10 Å². The highest BCUT2D eigenvalue weighted by Gasteiger charge is 2.29. The highest BCUT2D eigenvalue weighted by molar-refractivity contribution is 7.91. The summed E-state index contributed by atoms with van der Waals surface area (Å²) in [4.78, 5) is 4.18. The Labute approximate surface area is 176 Å². The summed E-state index contributed by atoms with van der Waals surface area (Å²) in [6.45, 7) is 0. The Bertz CT molecular complexity index is 1210. The third kappa shape index (κ3) is 4.07. The van der Waals surface area contributed by atoms with Gasteiger partial charge in [-0.05, 0) is 35.9 Å². The maximum absolute atomic E-state index is 14.7. The van der Waals surface area contributed by atoms with Crippen LogP contribution in [0, 0.1) is 5.82 Å². The maximum atomic E-state index is 14.7. The second-order valence-corrected chi connectivity index (χ2v) is 8.96. The van der Waals surface area contributed by atoms with Crippen molar-refractivity contribution in [2.24, 2.45) is 0 Å². The van der Waals surface area contributed by atoms with Gasteiger partial charge >= 0.3 is 0 Å². The average Bonchev–Trinajstić information content (AvgIpc) is 3.02. The van der Waals surface area contributed by atoms with E-state index in [1.165, 1.54) is 16.8 Å². The molecule has 29 heavy (non-hydrogen) atoms.